The van der Waals surface area contributed by atoms with Crippen LogP contribution >= 0.6 is 0 Å². The topological polar surface area (TPSA) is 12.4 Å². The molecular weight excluding hydrogens is 122 g/mol. The Balaban J connectivity index is 0. The molecule has 0 heterocycles. The monoisotopic (exact) mass is 141 g/mol. The molecule has 0 aliphatic heterocycles. The van der Waals surface area contributed by atoms with Crippen molar-refractivity contribution in [2.45, 2.75) is 34.1 Å². The van der Waals surface area contributed by atoms with Crippen LogP contribution in [0.2, 0.25) is 0 Å². The lowest BCUT2D eigenvalue weighted by molar-refractivity contribution is 1.14. The van der Waals surface area contributed by atoms with E-state index in [1.54, 1.807) is 6.21 Å². The molecule has 0 bridgehead atoms. The predicted molar refractivity (Wildman–Crippen MR) is 49.8 cm³/mol. The van der Waals surface area contributed by atoms with Gasteiger partial charge in [-0.05, 0) is 33.4 Å². The zero-order chi connectivity index (χ0) is 8.24. The molecule has 0 radical (unpaired) electrons. The zero-order valence-corrected chi connectivity index (χ0v) is 7.59. The van der Waals surface area contributed by atoms with Crippen LogP contribution in [0.5, 0.6) is 0 Å². The quantitative estimate of drug-likeness (QED) is 0.414. The molecule has 0 aromatic carbocycles. The fraction of sp³-hybridized carbons (Fsp3) is 0.667. The normalized spacial score (nSPS) is 10.0. The molecule has 0 aliphatic rings. The third kappa shape index (κ3) is 26.2. The molecule has 0 rings (SSSR count). The average molecular weight is 141 g/mol. The fourth-order valence-corrected chi connectivity index (χ4v) is 0.418. The summed E-state index contributed by atoms with van der Waals surface area (Å²) in [6.45, 7) is 9.00. The number of allylic oxidation sites excluding steroid dienone is 2. The molecule has 0 unspecified atom stereocenters. The minimum absolute atomic E-state index is 0.913. The summed E-state index contributed by atoms with van der Waals surface area (Å²) >= 11 is 0. The Bertz CT molecular complexity index is 70.7. The van der Waals surface area contributed by atoms with Crippen molar-refractivity contribution in [2.24, 2.45) is 4.99 Å². The molecule has 60 valence electrons. The SMILES string of the molecule is C/C=C\CC.CC=NCC. The lowest BCUT2D eigenvalue weighted by Gasteiger charge is -1.68. The van der Waals surface area contributed by atoms with Crippen LogP contribution < -0.4 is 0 Å². The van der Waals surface area contributed by atoms with Crippen molar-refractivity contribution in [3.8, 4) is 0 Å². The molecule has 0 N–H and O–H groups in total. The highest BCUT2D eigenvalue weighted by Crippen LogP contribution is 1.73. The first-order valence-corrected chi connectivity index (χ1v) is 3.88. The van der Waals surface area contributed by atoms with E-state index < -0.39 is 0 Å². The van der Waals surface area contributed by atoms with Crippen LogP contribution in [-0.4, -0.2) is 12.8 Å². The van der Waals surface area contributed by atoms with E-state index in [0.29, 0.717) is 0 Å². The first-order valence-electron chi connectivity index (χ1n) is 3.88. The maximum Gasteiger partial charge on any atom is 0.0356 e. The fourth-order valence-electron chi connectivity index (χ4n) is 0.418. The lowest BCUT2D eigenvalue weighted by atomic mass is 10.4. The third-order valence-corrected chi connectivity index (χ3v) is 0.837. The van der Waals surface area contributed by atoms with Crippen molar-refractivity contribution >= 4 is 6.21 Å². The second-order valence-corrected chi connectivity index (χ2v) is 1.73. The van der Waals surface area contributed by atoms with Gasteiger partial charge in [-0.25, -0.2) is 0 Å². The Kier molecular flexibility index (Phi) is 19.1. The maximum absolute atomic E-state index is 3.85. The Morgan fingerprint density at radius 3 is 1.80 bits per heavy atom. The van der Waals surface area contributed by atoms with Gasteiger partial charge in [-0.15, -0.1) is 0 Å². The van der Waals surface area contributed by atoms with Crippen LogP contribution in [0.25, 0.3) is 0 Å². The van der Waals surface area contributed by atoms with E-state index in [9.17, 15) is 0 Å². The van der Waals surface area contributed by atoms with Crippen molar-refractivity contribution in [1.29, 1.82) is 0 Å². The highest BCUT2D eigenvalue weighted by atomic mass is 14.7. The van der Waals surface area contributed by atoms with Gasteiger partial charge in [0.2, 0.25) is 0 Å². The van der Waals surface area contributed by atoms with Crippen LogP contribution in [0.15, 0.2) is 17.1 Å². The first kappa shape index (κ1) is 12.1. The third-order valence-electron chi connectivity index (χ3n) is 0.837. The van der Waals surface area contributed by atoms with Gasteiger partial charge in [-0.3, -0.25) is 4.99 Å². The molecular formula is C9H19N. The van der Waals surface area contributed by atoms with E-state index in [0.717, 1.165) is 13.0 Å². The van der Waals surface area contributed by atoms with Crippen molar-refractivity contribution in [1.82, 2.24) is 0 Å². The number of hydrogen-bond acceptors (Lipinski definition) is 1. The molecule has 0 aromatic rings. The predicted octanol–water partition coefficient (Wildman–Crippen LogP) is 3.07. The first-order chi connectivity index (χ1) is 4.83. The van der Waals surface area contributed by atoms with Gasteiger partial charge in [0.25, 0.3) is 0 Å². The zero-order valence-electron chi connectivity index (χ0n) is 7.59. The van der Waals surface area contributed by atoms with Gasteiger partial charge >= 0.3 is 0 Å². The highest BCUT2D eigenvalue weighted by Gasteiger charge is 1.52. The minimum atomic E-state index is 0.913. The van der Waals surface area contributed by atoms with Crippen molar-refractivity contribution in [3.63, 3.8) is 0 Å². The summed E-state index contributed by atoms with van der Waals surface area (Å²) in [5.74, 6) is 0. The summed E-state index contributed by atoms with van der Waals surface area (Å²) in [6.07, 6.45) is 7.15. The van der Waals surface area contributed by atoms with Crippen LogP contribution in [0.1, 0.15) is 34.1 Å². The van der Waals surface area contributed by atoms with E-state index in [4.69, 9.17) is 0 Å². The van der Waals surface area contributed by atoms with Gasteiger partial charge in [0.05, 0.1) is 0 Å². The molecule has 0 amide bonds. The van der Waals surface area contributed by atoms with Gasteiger partial charge in [0.15, 0.2) is 0 Å². The van der Waals surface area contributed by atoms with Gasteiger partial charge in [0.1, 0.15) is 0 Å². The summed E-state index contributed by atoms with van der Waals surface area (Å²) in [5, 5.41) is 0. The summed E-state index contributed by atoms with van der Waals surface area (Å²) in [6, 6.07) is 0. The van der Waals surface area contributed by atoms with Crippen molar-refractivity contribution < 1.29 is 0 Å². The molecule has 0 spiro atoms. The van der Waals surface area contributed by atoms with Gasteiger partial charge in [-0.2, -0.15) is 0 Å². The number of nitrogens with zero attached hydrogens (tertiary/aromatic N) is 1. The number of aliphatic imine (C=N–C) groups is 1. The van der Waals surface area contributed by atoms with Gasteiger partial charge < -0.3 is 0 Å². The smallest absolute Gasteiger partial charge is 0.0356 e. The van der Waals surface area contributed by atoms with E-state index in [1.807, 2.05) is 20.8 Å². The second-order valence-electron chi connectivity index (χ2n) is 1.73. The second kappa shape index (κ2) is 15.8. The molecule has 10 heavy (non-hydrogen) atoms. The minimum Gasteiger partial charge on any atom is -0.298 e. The molecule has 0 saturated heterocycles. The van der Waals surface area contributed by atoms with E-state index >= 15 is 0 Å². The average Bonchev–Trinajstić information content (AvgIpc) is 1.93. The number of hydrogen-bond donors (Lipinski definition) is 0. The molecule has 1 heteroatoms. The van der Waals surface area contributed by atoms with Crippen LogP contribution in [0.3, 0.4) is 0 Å². The summed E-state index contributed by atoms with van der Waals surface area (Å²) in [4.78, 5) is 3.85. The van der Waals surface area contributed by atoms with Gasteiger partial charge in [0, 0.05) is 6.54 Å². The number of rotatable bonds is 2. The highest BCUT2D eigenvalue weighted by molar-refractivity contribution is 5.52. The van der Waals surface area contributed by atoms with Gasteiger partial charge in [-0.1, -0.05) is 19.1 Å². The van der Waals surface area contributed by atoms with Crippen molar-refractivity contribution in [3.05, 3.63) is 12.2 Å². The Hall–Kier alpha value is -0.590. The largest absolute Gasteiger partial charge is 0.298 e. The van der Waals surface area contributed by atoms with E-state index in [-0.39, 0.29) is 0 Å². The van der Waals surface area contributed by atoms with Crippen LogP contribution in [0, 0.1) is 0 Å². The summed E-state index contributed by atoms with van der Waals surface area (Å²) in [5.41, 5.74) is 0. The maximum atomic E-state index is 3.85. The summed E-state index contributed by atoms with van der Waals surface area (Å²) < 4.78 is 0. The van der Waals surface area contributed by atoms with Crippen LogP contribution in [0.4, 0.5) is 0 Å². The molecule has 0 aliphatic carbocycles. The van der Waals surface area contributed by atoms with E-state index in [1.165, 1.54) is 0 Å². The Morgan fingerprint density at radius 2 is 1.80 bits per heavy atom. The Labute approximate surface area is 64.9 Å². The van der Waals surface area contributed by atoms with Crippen LogP contribution in [-0.2, 0) is 0 Å². The Morgan fingerprint density at radius 1 is 1.20 bits per heavy atom. The molecule has 0 aromatic heterocycles. The van der Waals surface area contributed by atoms with E-state index in [2.05, 4.69) is 24.1 Å². The molecule has 1 nitrogen and oxygen atoms in total. The standard InChI is InChI=1S/C5H10.C4H9N/c2*1-3-5-4-2/h3,5H,4H2,1-2H3;3H,4H2,1-2H3/b5-3-;. The van der Waals surface area contributed by atoms with Crippen molar-refractivity contribution in [2.75, 3.05) is 6.54 Å². The molecule has 0 fully saturated rings. The lowest BCUT2D eigenvalue weighted by Crippen LogP contribution is -1.62. The summed E-state index contributed by atoms with van der Waals surface area (Å²) in [7, 11) is 0. The molecule has 0 saturated carbocycles. The molecule has 0 atom stereocenters.